The highest BCUT2D eigenvalue weighted by Gasteiger charge is 1.85. The van der Waals surface area contributed by atoms with Gasteiger partial charge in [-0.05, 0) is 45.4 Å². The van der Waals surface area contributed by atoms with Gasteiger partial charge in [0.05, 0.1) is 0 Å². The zero-order valence-electron chi connectivity index (χ0n) is 6.60. The molecule has 0 fully saturated rings. The van der Waals surface area contributed by atoms with E-state index in [1.165, 1.54) is 6.42 Å². The fourth-order valence-electron chi connectivity index (χ4n) is 0.746. The lowest BCUT2D eigenvalue weighted by molar-refractivity contribution is 0.611. The number of nitrogens with two attached hydrogens (primary N) is 2. The summed E-state index contributed by atoms with van der Waals surface area (Å²) >= 11 is 0. The van der Waals surface area contributed by atoms with Gasteiger partial charge in [-0.25, -0.2) is 0 Å². The minimum atomic E-state index is 0.782. The smallest absolute Gasteiger partial charge is 0.00369 e. The highest BCUT2D eigenvalue weighted by molar-refractivity contribution is 4.49. The second-order valence-corrected chi connectivity index (χ2v) is 2.39. The van der Waals surface area contributed by atoms with E-state index in [2.05, 4.69) is 5.32 Å². The average molecular weight is 149 g/mol. The van der Waals surface area contributed by atoms with Gasteiger partial charge in [0.15, 0.2) is 0 Å². The number of hydrogen-bond donors (Lipinski definition) is 3. The third kappa shape index (κ3) is 7.88. The molecule has 0 aromatic carbocycles. The Morgan fingerprint density at radius 1 is 0.800 bits per heavy atom. The lowest BCUT2D eigenvalue weighted by Gasteiger charge is -2.01. The SMILES string of the molecule is NCCCN[13CH2][13CH2][13CH2][13CH2]N. The van der Waals surface area contributed by atoms with Crippen molar-refractivity contribution in [2.75, 3.05) is 26.2 Å². The van der Waals surface area contributed by atoms with Crippen molar-refractivity contribution < 1.29 is 0 Å². The number of unbranched alkanes of at least 4 members (excludes halogenated alkanes) is 1. The normalized spacial score (nSPS) is 10.2. The van der Waals surface area contributed by atoms with Crippen LogP contribution in [0.4, 0.5) is 0 Å². The molecule has 0 heterocycles. The molecule has 0 radical (unpaired) electrons. The molecule has 0 spiro atoms. The van der Waals surface area contributed by atoms with Crippen molar-refractivity contribution in [3.63, 3.8) is 0 Å². The van der Waals surface area contributed by atoms with Crippen molar-refractivity contribution in [3.05, 3.63) is 0 Å². The minimum Gasteiger partial charge on any atom is -0.330 e. The maximum atomic E-state index is 5.32. The third-order valence-corrected chi connectivity index (χ3v) is 1.37. The predicted molar refractivity (Wildman–Crippen MR) is 44.8 cm³/mol. The summed E-state index contributed by atoms with van der Waals surface area (Å²) in [5.74, 6) is 0. The van der Waals surface area contributed by atoms with Gasteiger partial charge in [-0.2, -0.15) is 0 Å². The quantitative estimate of drug-likeness (QED) is 0.343. The molecule has 3 heteroatoms. The summed E-state index contributed by atoms with van der Waals surface area (Å²) in [5, 5.41) is 3.29. The molecular weight excluding hydrogens is 130 g/mol. The fraction of sp³-hybridized carbons (Fsp3) is 1.00. The highest BCUT2D eigenvalue weighted by atomic mass is 15.1. The average Bonchev–Trinajstić information content (AvgIpc) is 1.97. The summed E-state index contributed by atoms with van der Waals surface area (Å²) < 4.78 is 0. The van der Waals surface area contributed by atoms with Crippen molar-refractivity contribution in [3.8, 4) is 0 Å². The van der Waals surface area contributed by atoms with Crippen LogP contribution < -0.4 is 16.8 Å². The van der Waals surface area contributed by atoms with Crippen LogP contribution in [0.1, 0.15) is 19.3 Å². The topological polar surface area (TPSA) is 64.1 Å². The van der Waals surface area contributed by atoms with Crippen LogP contribution in [-0.4, -0.2) is 26.2 Å². The molecule has 0 saturated carbocycles. The van der Waals surface area contributed by atoms with Gasteiger partial charge in [0.25, 0.3) is 0 Å². The van der Waals surface area contributed by atoms with E-state index >= 15 is 0 Å². The first-order chi connectivity index (χ1) is 4.91. The Bertz CT molecular complexity index is 48.8. The molecule has 3 nitrogen and oxygen atoms in total. The van der Waals surface area contributed by atoms with Crippen LogP contribution in [0.2, 0.25) is 0 Å². The summed E-state index contributed by atoms with van der Waals surface area (Å²) in [5.41, 5.74) is 10.6. The van der Waals surface area contributed by atoms with Crippen molar-refractivity contribution in [1.29, 1.82) is 0 Å². The number of nitrogens with one attached hydrogen (secondary N) is 1. The fourth-order valence-corrected chi connectivity index (χ4v) is 0.746. The molecule has 0 aliphatic heterocycles. The molecule has 0 saturated heterocycles. The molecule has 10 heavy (non-hydrogen) atoms. The zero-order valence-corrected chi connectivity index (χ0v) is 6.60. The van der Waals surface area contributed by atoms with E-state index in [1.54, 1.807) is 0 Å². The molecule has 0 unspecified atom stereocenters. The molecule has 62 valence electrons. The summed E-state index contributed by atoms with van der Waals surface area (Å²) in [7, 11) is 0. The molecule has 0 aliphatic rings. The van der Waals surface area contributed by atoms with Crippen molar-refractivity contribution >= 4 is 0 Å². The first-order valence-corrected chi connectivity index (χ1v) is 4.02. The van der Waals surface area contributed by atoms with Gasteiger partial charge in [0.1, 0.15) is 0 Å². The first-order valence-electron chi connectivity index (χ1n) is 4.02. The number of hydrogen-bond acceptors (Lipinski definition) is 3. The summed E-state index contributed by atoms with van der Waals surface area (Å²) in [4.78, 5) is 0. The lowest BCUT2D eigenvalue weighted by Crippen LogP contribution is -2.19. The van der Waals surface area contributed by atoms with E-state index in [9.17, 15) is 0 Å². The van der Waals surface area contributed by atoms with Crippen LogP contribution in [0.5, 0.6) is 0 Å². The van der Waals surface area contributed by atoms with Gasteiger partial charge in [0, 0.05) is 0 Å². The molecule has 0 atom stereocenters. The van der Waals surface area contributed by atoms with Crippen LogP contribution in [0.25, 0.3) is 0 Å². The largest absolute Gasteiger partial charge is 0.330 e. The van der Waals surface area contributed by atoms with Gasteiger partial charge in [-0.1, -0.05) is 0 Å². The summed E-state index contributed by atoms with van der Waals surface area (Å²) in [6.45, 7) is 3.71. The van der Waals surface area contributed by atoms with E-state index in [4.69, 9.17) is 11.5 Å². The first kappa shape index (κ1) is 9.88. The van der Waals surface area contributed by atoms with Crippen LogP contribution in [0.15, 0.2) is 0 Å². The van der Waals surface area contributed by atoms with Crippen LogP contribution >= 0.6 is 0 Å². The van der Waals surface area contributed by atoms with Gasteiger partial charge in [-0.15, -0.1) is 0 Å². The molecule has 0 amide bonds. The van der Waals surface area contributed by atoms with Gasteiger partial charge in [0.2, 0.25) is 0 Å². The standard InChI is InChI=1S/C7H19N3/c8-4-1-2-6-10-7-3-5-9/h10H,1-9H2/i1+1,2+1,4+1,6+1. The Morgan fingerprint density at radius 2 is 1.40 bits per heavy atom. The van der Waals surface area contributed by atoms with Crippen LogP contribution in [-0.2, 0) is 0 Å². The Labute approximate surface area is 63.2 Å². The van der Waals surface area contributed by atoms with Crippen molar-refractivity contribution in [1.82, 2.24) is 5.32 Å². The zero-order chi connectivity index (χ0) is 7.66. The van der Waals surface area contributed by atoms with E-state index < -0.39 is 0 Å². The maximum Gasteiger partial charge on any atom is -0.00369 e. The monoisotopic (exact) mass is 149 g/mol. The lowest BCUT2D eigenvalue weighted by atomic mass is 10.4. The molecule has 0 aromatic heterocycles. The Balaban J connectivity index is 2.65. The molecule has 5 N–H and O–H groups in total. The Morgan fingerprint density at radius 3 is 2.00 bits per heavy atom. The summed E-state index contributed by atoms with van der Waals surface area (Å²) in [6, 6.07) is 0. The minimum absolute atomic E-state index is 0.782. The number of rotatable bonds is 7. The molecule has 0 aromatic rings. The van der Waals surface area contributed by atoms with Gasteiger partial charge in [-0.3, -0.25) is 0 Å². The molecule has 0 rings (SSSR count). The van der Waals surface area contributed by atoms with Gasteiger partial charge < -0.3 is 16.8 Å². The van der Waals surface area contributed by atoms with Gasteiger partial charge >= 0.3 is 0 Å². The third-order valence-electron chi connectivity index (χ3n) is 1.37. The van der Waals surface area contributed by atoms with E-state index in [0.717, 1.165) is 39.0 Å². The molecule has 0 aliphatic carbocycles. The van der Waals surface area contributed by atoms with Crippen LogP contribution in [0, 0.1) is 0 Å². The van der Waals surface area contributed by atoms with E-state index in [0.29, 0.717) is 0 Å². The van der Waals surface area contributed by atoms with Crippen LogP contribution in [0.3, 0.4) is 0 Å². The Kier molecular flexibility index (Phi) is 8.77. The second kappa shape index (κ2) is 8.88. The predicted octanol–water partition coefficient (Wildman–Crippen LogP) is -0.336. The Hall–Kier alpha value is -0.120. The molecular formula is C7H19N3. The van der Waals surface area contributed by atoms with E-state index in [-0.39, 0.29) is 0 Å². The van der Waals surface area contributed by atoms with Crippen molar-refractivity contribution in [2.24, 2.45) is 11.5 Å². The van der Waals surface area contributed by atoms with Crippen molar-refractivity contribution in [2.45, 2.75) is 19.3 Å². The van der Waals surface area contributed by atoms with E-state index in [1.807, 2.05) is 0 Å². The maximum absolute atomic E-state index is 5.32. The second-order valence-electron chi connectivity index (χ2n) is 2.39. The molecule has 0 bridgehead atoms. The summed E-state index contributed by atoms with van der Waals surface area (Å²) in [6.07, 6.45) is 3.37. The highest BCUT2D eigenvalue weighted by Crippen LogP contribution is 1.81.